The van der Waals surface area contributed by atoms with E-state index in [1.807, 2.05) is 7.05 Å². The smallest absolute Gasteiger partial charge is 0.207 e. The Morgan fingerprint density at radius 3 is 3.00 bits per heavy atom. The van der Waals surface area contributed by atoms with Crippen LogP contribution in [-0.2, 0) is 11.1 Å². The van der Waals surface area contributed by atoms with E-state index in [0.717, 1.165) is 0 Å². The number of aliphatic imine (C=N–C) groups is 1. The molecule has 0 fully saturated rings. The van der Waals surface area contributed by atoms with E-state index in [9.17, 15) is 4.21 Å². The van der Waals surface area contributed by atoms with Crippen LogP contribution in [0, 0.1) is 0 Å². The molecule has 0 aromatic carbocycles. The highest BCUT2D eigenvalue weighted by Crippen LogP contribution is 2.05. The van der Waals surface area contributed by atoms with Crippen molar-refractivity contribution in [2.45, 2.75) is 0 Å². The first kappa shape index (κ1) is 7.43. The quantitative estimate of drug-likeness (QED) is 0.550. The molecule has 0 saturated carbocycles. The summed E-state index contributed by atoms with van der Waals surface area (Å²) in [6, 6.07) is 0. The van der Waals surface area contributed by atoms with Gasteiger partial charge in [0.15, 0.2) is 5.03 Å². The molecule has 0 aromatic heterocycles. The maximum atomic E-state index is 10.4. The van der Waals surface area contributed by atoms with Crippen LogP contribution in [0.5, 0.6) is 0 Å². The summed E-state index contributed by atoms with van der Waals surface area (Å²) in [6.45, 7) is 0.695. The Morgan fingerprint density at radius 1 is 1.90 bits per heavy atom. The largest absolute Gasteiger partial charge is 0.373 e. The van der Waals surface area contributed by atoms with Crippen molar-refractivity contribution < 1.29 is 8.76 Å². The Balaban J connectivity index is 2.76. The molecule has 1 N–H and O–H groups in total. The van der Waals surface area contributed by atoms with Gasteiger partial charge in [-0.25, -0.2) is 9.20 Å². The van der Waals surface area contributed by atoms with Crippen LogP contribution in [0.4, 0.5) is 0 Å². The second kappa shape index (κ2) is 2.94. The molecule has 0 saturated heterocycles. The summed E-state index contributed by atoms with van der Waals surface area (Å²) < 4.78 is 19.0. The minimum atomic E-state index is -1.95. The highest BCUT2D eigenvalue weighted by molar-refractivity contribution is 7.83. The van der Waals surface area contributed by atoms with Crippen molar-refractivity contribution in [1.29, 1.82) is 0 Å². The summed E-state index contributed by atoms with van der Waals surface area (Å²) in [5, 5.41) is 0.203. The van der Waals surface area contributed by atoms with Crippen molar-refractivity contribution in [3.05, 3.63) is 11.2 Å². The first-order valence-corrected chi connectivity index (χ1v) is 3.86. The van der Waals surface area contributed by atoms with Gasteiger partial charge in [-0.15, -0.1) is 0 Å². The van der Waals surface area contributed by atoms with Gasteiger partial charge in [0.25, 0.3) is 0 Å². The molecule has 0 aliphatic carbocycles. The SMILES string of the molecule is CN1C=C(S(=O)O)N=CC1. The normalized spacial score (nSPS) is 20.6. The maximum absolute atomic E-state index is 10.4. The summed E-state index contributed by atoms with van der Waals surface area (Å²) in [5.41, 5.74) is 0. The van der Waals surface area contributed by atoms with Crippen molar-refractivity contribution in [2.75, 3.05) is 13.6 Å². The molecule has 0 radical (unpaired) electrons. The van der Waals surface area contributed by atoms with E-state index >= 15 is 0 Å². The lowest BCUT2D eigenvalue weighted by Crippen LogP contribution is -2.18. The van der Waals surface area contributed by atoms with Crippen molar-refractivity contribution in [1.82, 2.24) is 4.90 Å². The van der Waals surface area contributed by atoms with Crippen LogP contribution >= 0.6 is 0 Å². The van der Waals surface area contributed by atoms with Crippen LogP contribution in [0.25, 0.3) is 0 Å². The van der Waals surface area contributed by atoms with Gasteiger partial charge in [0, 0.05) is 19.5 Å². The summed E-state index contributed by atoms with van der Waals surface area (Å²) in [7, 11) is 1.82. The van der Waals surface area contributed by atoms with Gasteiger partial charge in [-0.05, 0) is 0 Å². The molecule has 1 atom stereocenters. The van der Waals surface area contributed by atoms with E-state index in [-0.39, 0.29) is 5.03 Å². The molecular formula is C5H8N2O2S. The van der Waals surface area contributed by atoms with Gasteiger partial charge in [0.2, 0.25) is 11.1 Å². The minimum Gasteiger partial charge on any atom is -0.373 e. The van der Waals surface area contributed by atoms with Crippen LogP contribution in [0.1, 0.15) is 0 Å². The second-order valence-electron chi connectivity index (χ2n) is 1.97. The van der Waals surface area contributed by atoms with E-state index in [2.05, 4.69) is 4.99 Å². The molecule has 0 bridgehead atoms. The Bertz CT molecular complexity index is 212. The lowest BCUT2D eigenvalue weighted by Gasteiger charge is -2.14. The topological polar surface area (TPSA) is 52.9 Å². The molecule has 0 spiro atoms. The van der Waals surface area contributed by atoms with Crippen LogP contribution in [0.3, 0.4) is 0 Å². The van der Waals surface area contributed by atoms with Gasteiger partial charge >= 0.3 is 0 Å². The molecular weight excluding hydrogens is 152 g/mol. The molecule has 1 aliphatic rings. The second-order valence-corrected chi connectivity index (χ2v) is 2.88. The van der Waals surface area contributed by atoms with Crippen molar-refractivity contribution in [3.8, 4) is 0 Å². The van der Waals surface area contributed by atoms with Crippen LogP contribution in [-0.4, -0.2) is 33.5 Å². The Morgan fingerprint density at radius 2 is 2.60 bits per heavy atom. The van der Waals surface area contributed by atoms with Gasteiger partial charge in [-0.2, -0.15) is 0 Å². The molecule has 0 aromatic rings. The van der Waals surface area contributed by atoms with E-state index in [1.165, 1.54) is 0 Å². The van der Waals surface area contributed by atoms with Gasteiger partial charge in [-0.3, -0.25) is 0 Å². The third-order valence-electron chi connectivity index (χ3n) is 1.10. The van der Waals surface area contributed by atoms with Gasteiger partial charge in [-0.1, -0.05) is 0 Å². The molecule has 4 nitrogen and oxygen atoms in total. The van der Waals surface area contributed by atoms with Crippen LogP contribution < -0.4 is 0 Å². The van der Waals surface area contributed by atoms with Gasteiger partial charge in [0.05, 0.1) is 6.54 Å². The molecule has 1 rings (SSSR count). The summed E-state index contributed by atoms with van der Waals surface area (Å²) in [5.74, 6) is 0. The molecule has 0 amide bonds. The van der Waals surface area contributed by atoms with E-state index in [1.54, 1.807) is 17.3 Å². The number of rotatable bonds is 1. The first-order valence-electron chi connectivity index (χ1n) is 2.75. The first-order chi connectivity index (χ1) is 4.70. The zero-order chi connectivity index (χ0) is 7.56. The zero-order valence-corrected chi connectivity index (χ0v) is 6.34. The molecule has 1 aliphatic heterocycles. The lowest BCUT2D eigenvalue weighted by atomic mass is 10.5. The average Bonchev–Trinajstić information content (AvgIpc) is 1.88. The predicted octanol–water partition coefficient (Wildman–Crippen LogP) is 0.0232. The number of nitrogens with zero attached hydrogens (tertiary/aromatic N) is 2. The fraction of sp³-hybridized carbons (Fsp3) is 0.400. The molecule has 1 unspecified atom stereocenters. The maximum Gasteiger partial charge on any atom is 0.207 e. The Labute approximate surface area is 61.5 Å². The molecule has 10 heavy (non-hydrogen) atoms. The molecule has 56 valence electrons. The fourth-order valence-corrected chi connectivity index (χ4v) is 1.06. The molecule has 5 heteroatoms. The summed E-state index contributed by atoms with van der Waals surface area (Å²) in [6.07, 6.45) is 3.15. The standard InChI is InChI=1S/C5H8N2O2S/c1-7-3-2-6-5(4-7)10(8)9/h2,4H,3H2,1H3,(H,8,9). The fourth-order valence-electron chi connectivity index (χ4n) is 0.624. The summed E-state index contributed by atoms with van der Waals surface area (Å²) >= 11 is -1.95. The Kier molecular flexibility index (Phi) is 2.18. The average molecular weight is 160 g/mol. The number of hydrogen-bond acceptors (Lipinski definition) is 3. The van der Waals surface area contributed by atoms with Crippen molar-refractivity contribution >= 4 is 17.3 Å². The lowest BCUT2D eigenvalue weighted by molar-refractivity contribution is 0.515. The van der Waals surface area contributed by atoms with E-state index < -0.39 is 11.1 Å². The molecule has 1 heterocycles. The van der Waals surface area contributed by atoms with Crippen LogP contribution in [0.2, 0.25) is 0 Å². The highest BCUT2D eigenvalue weighted by atomic mass is 32.2. The highest BCUT2D eigenvalue weighted by Gasteiger charge is 2.06. The number of hydrogen-bond donors (Lipinski definition) is 1. The van der Waals surface area contributed by atoms with Crippen molar-refractivity contribution in [2.24, 2.45) is 4.99 Å². The van der Waals surface area contributed by atoms with E-state index in [4.69, 9.17) is 4.55 Å². The third kappa shape index (κ3) is 1.65. The zero-order valence-electron chi connectivity index (χ0n) is 5.52. The van der Waals surface area contributed by atoms with Crippen molar-refractivity contribution in [3.63, 3.8) is 0 Å². The Hall–Kier alpha value is -0.680. The monoisotopic (exact) mass is 160 g/mol. The van der Waals surface area contributed by atoms with Crippen LogP contribution in [0.15, 0.2) is 16.2 Å². The third-order valence-corrected chi connectivity index (χ3v) is 1.67. The van der Waals surface area contributed by atoms with E-state index in [0.29, 0.717) is 6.54 Å². The van der Waals surface area contributed by atoms with Gasteiger partial charge in [0.1, 0.15) is 0 Å². The van der Waals surface area contributed by atoms with Gasteiger partial charge < -0.3 is 9.45 Å². The predicted molar refractivity (Wildman–Crippen MR) is 40.0 cm³/mol. The summed E-state index contributed by atoms with van der Waals surface area (Å²) in [4.78, 5) is 5.51. The minimum absolute atomic E-state index is 0.203.